The number of hydrogen-bond donors (Lipinski definition) is 3. The number of carbonyl (C=O) groups is 1. The molecule has 1 heterocycles. The highest BCUT2D eigenvalue weighted by Gasteiger charge is 2.35. The molecule has 1 atom stereocenters. The first kappa shape index (κ1) is 21.4. The molecule has 31 heavy (non-hydrogen) atoms. The molecule has 2 aliphatic rings. The fourth-order valence-corrected chi connectivity index (χ4v) is 4.54. The van der Waals surface area contributed by atoms with E-state index >= 15 is 0 Å². The van der Waals surface area contributed by atoms with Crippen LogP contribution in [0.2, 0.25) is 0 Å². The van der Waals surface area contributed by atoms with Gasteiger partial charge in [0.25, 0.3) is 5.91 Å². The number of hydrogen-bond acceptors (Lipinski definition) is 4. The minimum Gasteiger partial charge on any atom is -0.474 e. The number of ether oxygens (including phenoxy) is 1. The molecule has 1 aliphatic carbocycles. The number of para-hydroxylation sites is 2. The molecule has 1 amide bonds. The number of nitrogens with zero attached hydrogens (tertiary/aromatic N) is 1. The van der Waals surface area contributed by atoms with Gasteiger partial charge in [0.05, 0.1) is 5.69 Å². The van der Waals surface area contributed by atoms with E-state index in [0.29, 0.717) is 23.9 Å². The van der Waals surface area contributed by atoms with Gasteiger partial charge in [-0.25, -0.2) is 0 Å². The molecule has 1 aliphatic heterocycles. The summed E-state index contributed by atoms with van der Waals surface area (Å²) in [4.78, 5) is 15.2. The number of nitrogens with two attached hydrogens (primary N) is 1. The Morgan fingerprint density at radius 1 is 1.10 bits per heavy atom. The van der Waals surface area contributed by atoms with Gasteiger partial charge in [-0.15, -0.1) is 0 Å². The maximum absolute atomic E-state index is 13.4. The van der Waals surface area contributed by atoms with E-state index in [1.54, 1.807) is 12.1 Å². The van der Waals surface area contributed by atoms with E-state index in [9.17, 15) is 4.79 Å². The quantitative estimate of drug-likeness (QED) is 0.340. The molecule has 1 unspecified atom stereocenters. The van der Waals surface area contributed by atoms with Gasteiger partial charge in [0.1, 0.15) is 11.6 Å². The van der Waals surface area contributed by atoms with Crippen LogP contribution in [-0.2, 0) is 4.79 Å². The summed E-state index contributed by atoms with van der Waals surface area (Å²) in [6.45, 7) is 1.66. The summed E-state index contributed by atoms with van der Waals surface area (Å²) in [5, 5.41) is 11.4. The minimum atomic E-state index is -0.727. The van der Waals surface area contributed by atoms with Crippen LogP contribution in [0.15, 0.2) is 48.5 Å². The second kappa shape index (κ2) is 9.96. The molecule has 0 radical (unpaired) electrons. The lowest BCUT2D eigenvalue weighted by Crippen LogP contribution is -2.42. The van der Waals surface area contributed by atoms with Crippen molar-refractivity contribution in [2.75, 3.05) is 18.0 Å². The largest absolute Gasteiger partial charge is 0.474 e. The molecular weight excluding hydrogens is 388 g/mol. The average molecular weight is 421 g/mol. The summed E-state index contributed by atoms with van der Waals surface area (Å²) in [7, 11) is 0. The summed E-state index contributed by atoms with van der Waals surface area (Å²) < 4.78 is 6.09. The van der Waals surface area contributed by atoms with Gasteiger partial charge >= 0.3 is 0 Å². The Morgan fingerprint density at radius 2 is 1.90 bits per heavy atom. The molecule has 0 aromatic heterocycles. The van der Waals surface area contributed by atoms with Crippen molar-refractivity contribution in [3.8, 4) is 5.75 Å². The van der Waals surface area contributed by atoms with Crippen molar-refractivity contribution >= 4 is 17.4 Å². The van der Waals surface area contributed by atoms with Gasteiger partial charge in [-0.3, -0.25) is 10.2 Å². The van der Waals surface area contributed by atoms with E-state index in [0.717, 1.165) is 30.6 Å². The van der Waals surface area contributed by atoms with Gasteiger partial charge in [-0.1, -0.05) is 49.6 Å². The van der Waals surface area contributed by atoms with Crippen molar-refractivity contribution in [3.05, 3.63) is 59.7 Å². The Kier molecular flexibility index (Phi) is 6.87. The van der Waals surface area contributed by atoms with Crippen molar-refractivity contribution in [2.24, 2.45) is 5.73 Å². The molecule has 6 nitrogen and oxygen atoms in total. The first-order valence-electron chi connectivity index (χ1n) is 11.4. The zero-order valence-corrected chi connectivity index (χ0v) is 18.0. The highest BCUT2D eigenvalue weighted by atomic mass is 16.5. The van der Waals surface area contributed by atoms with Gasteiger partial charge in [-0.05, 0) is 50.4 Å². The van der Waals surface area contributed by atoms with Crippen molar-refractivity contribution in [1.82, 2.24) is 5.32 Å². The number of anilines is 1. The first-order valence-corrected chi connectivity index (χ1v) is 11.4. The predicted octanol–water partition coefficient (Wildman–Crippen LogP) is 4.14. The molecular formula is C25H32N4O2. The summed E-state index contributed by atoms with van der Waals surface area (Å²) >= 11 is 0. The first-order chi connectivity index (χ1) is 15.1. The lowest BCUT2D eigenvalue weighted by molar-refractivity contribution is -0.126. The number of amides is 1. The fraction of sp³-hybridized carbons (Fsp3) is 0.440. The number of carbonyl (C=O) groups excluding carboxylic acids is 1. The number of benzene rings is 2. The number of fused-ring (bicyclic) bond motifs is 1. The molecule has 4 rings (SSSR count). The van der Waals surface area contributed by atoms with Crippen LogP contribution in [0.5, 0.6) is 5.75 Å². The highest BCUT2D eigenvalue weighted by molar-refractivity contribution is 6.01. The molecule has 2 aromatic rings. The van der Waals surface area contributed by atoms with Gasteiger partial charge in [0.2, 0.25) is 6.10 Å². The third-order valence-electron chi connectivity index (χ3n) is 6.24. The maximum atomic E-state index is 13.4. The molecule has 1 fully saturated rings. The third-order valence-corrected chi connectivity index (χ3v) is 6.24. The molecule has 0 spiro atoms. The molecule has 0 saturated heterocycles. The van der Waals surface area contributed by atoms with Gasteiger partial charge < -0.3 is 20.7 Å². The Bertz CT molecular complexity index is 923. The van der Waals surface area contributed by atoms with E-state index < -0.39 is 6.10 Å². The number of unbranched alkanes of at least 4 members (excludes halogenated alkanes) is 1. The highest BCUT2D eigenvalue weighted by Crippen LogP contribution is 2.39. The summed E-state index contributed by atoms with van der Waals surface area (Å²) in [6, 6.07) is 15.6. The maximum Gasteiger partial charge on any atom is 0.272 e. The van der Waals surface area contributed by atoms with Crippen LogP contribution < -0.4 is 20.7 Å². The van der Waals surface area contributed by atoms with Crippen LogP contribution in [0.4, 0.5) is 5.69 Å². The van der Waals surface area contributed by atoms with Gasteiger partial charge in [-0.2, -0.15) is 0 Å². The lowest BCUT2D eigenvalue weighted by atomic mass is 9.95. The SMILES string of the molecule is N=C(N)c1cccc(C2Oc3ccccc3N(CCCCNC3CCCCC3)C2=O)c1. The predicted molar refractivity (Wildman–Crippen MR) is 124 cm³/mol. The number of amidine groups is 1. The van der Waals surface area contributed by atoms with Crippen LogP contribution in [0.1, 0.15) is 62.2 Å². The molecule has 164 valence electrons. The topological polar surface area (TPSA) is 91.4 Å². The smallest absolute Gasteiger partial charge is 0.272 e. The summed E-state index contributed by atoms with van der Waals surface area (Å²) in [5.41, 5.74) is 7.78. The Morgan fingerprint density at radius 3 is 2.71 bits per heavy atom. The zero-order chi connectivity index (χ0) is 21.6. The van der Waals surface area contributed by atoms with Crippen LogP contribution in [0.25, 0.3) is 0 Å². The van der Waals surface area contributed by atoms with Crippen LogP contribution in [0.3, 0.4) is 0 Å². The fourth-order valence-electron chi connectivity index (χ4n) is 4.54. The van der Waals surface area contributed by atoms with Crippen molar-refractivity contribution in [2.45, 2.75) is 57.1 Å². The summed E-state index contributed by atoms with van der Waals surface area (Å²) in [6.07, 6.45) is 7.86. The molecule has 6 heteroatoms. The minimum absolute atomic E-state index is 0.0205. The van der Waals surface area contributed by atoms with Crippen LogP contribution >= 0.6 is 0 Å². The molecule has 0 bridgehead atoms. The second-order valence-corrected chi connectivity index (χ2v) is 8.49. The Hall–Kier alpha value is -2.86. The monoisotopic (exact) mass is 420 g/mol. The van der Waals surface area contributed by atoms with Crippen LogP contribution in [-0.4, -0.2) is 30.9 Å². The Balaban J connectivity index is 1.43. The standard InChI is InChI=1S/C25H32N4O2/c26-24(27)19-10-8-9-18(17-19)23-25(30)29(21-13-4-5-14-22(21)31-23)16-7-6-15-28-20-11-2-1-3-12-20/h4-5,8-10,13-14,17,20,23,28H,1-3,6-7,11-12,15-16H2,(H3,26,27). The molecule has 4 N–H and O–H groups in total. The zero-order valence-electron chi connectivity index (χ0n) is 18.0. The van der Waals surface area contributed by atoms with Crippen molar-refractivity contribution < 1.29 is 9.53 Å². The van der Waals surface area contributed by atoms with Crippen molar-refractivity contribution in [3.63, 3.8) is 0 Å². The van der Waals surface area contributed by atoms with Crippen LogP contribution in [0, 0.1) is 5.41 Å². The Labute approximate surface area is 184 Å². The second-order valence-electron chi connectivity index (χ2n) is 8.49. The van der Waals surface area contributed by atoms with E-state index in [1.807, 2.05) is 41.3 Å². The molecule has 2 aromatic carbocycles. The third kappa shape index (κ3) is 5.07. The van der Waals surface area contributed by atoms with E-state index in [4.69, 9.17) is 15.9 Å². The van der Waals surface area contributed by atoms with Crippen molar-refractivity contribution in [1.29, 1.82) is 5.41 Å². The normalized spacial score (nSPS) is 19.0. The van der Waals surface area contributed by atoms with Gasteiger partial charge in [0.15, 0.2) is 0 Å². The van der Waals surface area contributed by atoms with E-state index in [2.05, 4.69) is 5.32 Å². The van der Waals surface area contributed by atoms with E-state index in [-0.39, 0.29) is 11.7 Å². The summed E-state index contributed by atoms with van der Waals surface area (Å²) in [5.74, 6) is 0.619. The van der Waals surface area contributed by atoms with Gasteiger partial charge in [0, 0.05) is 23.7 Å². The van der Waals surface area contributed by atoms with E-state index in [1.165, 1.54) is 32.1 Å². The number of nitrogen functional groups attached to an aromatic ring is 1. The average Bonchev–Trinajstić information content (AvgIpc) is 2.80. The number of nitrogens with one attached hydrogen (secondary N) is 2. The number of rotatable bonds is 8. The lowest BCUT2D eigenvalue weighted by Gasteiger charge is -2.34. The molecule has 1 saturated carbocycles.